The van der Waals surface area contributed by atoms with E-state index in [1.165, 1.54) is 23.7 Å². The number of nitrogens with one attached hydrogen (secondary N) is 1. The molecular weight excluding hydrogens is 351 g/mol. The van der Waals surface area contributed by atoms with Crippen LogP contribution in [0.15, 0.2) is 24.3 Å². The highest BCUT2D eigenvalue weighted by Crippen LogP contribution is 2.22. The maximum Gasteiger partial charge on any atom is 0.221 e. The number of aromatic nitrogens is 2. The van der Waals surface area contributed by atoms with Crippen molar-refractivity contribution in [1.82, 2.24) is 14.7 Å². The Kier molecular flexibility index (Phi) is 7.97. The van der Waals surface area contributed by atoms with Crippen LogP contribution in [0.4, 0.5) is 9.52 Å². The summed E-state index contributed by atoms with van der Waals surface area (Å²) in [5.41, 5.74) is 0.977. The van der Waals surface area contributed by atoms with E-state index in [1.54, 1.807) is 12.1 Å². The highest BCUT2D eigenvalue weighted by atomic mass is 32.1. The van der Waals surface area contributed by atoms with Gasteiger partial charge in [-0.3, -0.25) is 4.79 Å². The van der Waals surface area contributed by atoms with Gasteiger partial charge in [0.25, 0.3) is 0 Å². The zero-order valence-corrected chi connectivity index (χ0v) is 16.5. The normalized spacial score (nSPS) is 12.0. The van der Waals surface area contributed by atoms with Gasteiger partial charge in [-0.1, -0.05) is 26.0 Å². The Labute approximate surface area is 158 Å². The van der Waals surface area contributed by atoms with Crippen molar-refractivity contribution in [1.29, 1.82) is 0 Å². The predicted molar refractivity (Wildman–Crippen MR) is 104 cm³/mol. The summed E-state index contributed by atoms with van der Waals surface area (Å²) in [5.74, 6) is 0.543. The molecular formula is C19H27FN4OS. The summed E-state index contributed by atoms with van der Waals surface area (Å²) in [5, 5.41) is 3.74. The summed E-state index contributed by atoms with van der Waals surface area (Å²) in [7, 11) is 0. The van der Waals surface area contributed by atoms with Gasteiger partial charge in [-0.25, -0.2) is 9.37 Å². The van der Waals surface area contributed by atoms with E-state index in [1.807, 2.05) is 6.92 Å². The van der Waals surface area contributed by atoms with Gasteiger partial charge in [0.1, 0.15) is 11.6 Å². The summed E-state index contributed by atoms with van der Waals surface area (Å²) in [6.45, 7) is 7.62. The molecule has 1 N–H and O–H groups in total. The second-order valence-corrected chi connectivity index (χ2v) is 7.08. The molecule has 26 heavy (non-hydrogen) atoms. The summed E-state index contributed by atoms with van der Waals surface area (Å²) in [6.07, 6.45) is 2.91. The van der Waals surface area contributed by atoms with E-state index in [0.717, 1.165) is 29.4 Å². The number of amides is 1. The molecule has 0 bridgehead atoms. The zero-order chi connectivity index (χ0) is 18.9. The van der Waals surface area contributed by atoms with E-state index in [9.17, 15) is 9.18 Å². The summed E-state index contributed by atoms with van der Waals surface area (Å²) in [4.78, 5) is 18.7. The molecule has 1 aromatic carbocycles. The molecule has 2 rings (SSSR count). The molecule has 0 spiro atoms. The molecule has 0 saturated carbocycles. The van der Waals surface area contributed by atoms with Gasteiger partial charge in [0.05, 0.1) is 0 Å². The number of carbonyl (C=O) groups is 1. The van der Waals surface area contributed by atoms with E-state index in [2.05, 4.69) is 33.4 Å². The first-order chi connectivity index (χ1) is 12.5. The minimum absolute atomic E-state index is 0.0659. The molecule has 5 nitrogen and oxygen atoms in total. The third-order valence-corrected chi connectivity index (χ3v) is 5.04. The Morgan fingerprint density at radius 3 is 2.69 bits per heavy atom. The average Bonchev–Trinajstić information content (AvgIpc) is 3.10. The van der Waals surface area contributed by atoms with E-state index in [4.69, 9.17) is 0 Å². The van der Waals surface area contributed by atoms with Gasteiger partial charge in [0.15, 0.2) is 0 Å². The molecule has 142 valence electrons. The van der Waals surface area contributed by atoms with Crippen molar-refractivity contribution in [2.24, 2.45) is 0 Å². The molecule has 0 radical (unpaired) electrons. The number of benzene rings is 1. The van der Waals surface area contributed by atoms with E-state index in [-0.39, 0.29) is 17.8 Å². The van der Waals surface area contributed by atoms with Crippen LogP contribution < -0.4 is 10.2 Å². The predicted octanol–water partition coefficient (Wildman–Crippen LogP) is 3.79. The summed E-state index contributed by atoms with van der Waals surface area (Å²) >= 11 is 1.35. The van der Waals surface area contributed by atoms with Crippen LogP contribution in [0.5, 0.6) is 0 Å². The Balaban J connectivity index is 2.02. The zero-order valence-electron chi connectivity index (χ0n) is 15.7. The fourth-order valence-electron chi connectivity index (χ4n) is 2.52. The van der Waals surface area contributed by atoms with Crippen molar-refractivity contribution in [2.75, 3.05) is 18.0 Å². The Morgan fingerprint density at radius 2 is 2.04 bits per heavy atom. The van der Waals surface area contributed by atoms with Crippen molar-refractivity contribution in [3.63, 3.8) is 0 Å². The topological polar surface area (TPSA) is 58.1 Å². The second-order valence-electron chi connectivity index (χ2n) is 6.35. The number of hydrogen-bond donors (Lipinski definition) is 1. The first-order valence-electron chi connectivity index (χ1n) is 9.13. The number of hydrogen-bond acceptors (Lipinski definition) is 5. The van der Waals surface area contributed by atoms with Crippen LogP contribution in [-0.4, -0.2) is 34.4 Å². The number of carbonyl (C=O) groups excluding carboxylic acids is 1. The average molecular weight is 379 g/mol. The second kappa shape index (κ2) is 10.2. The number of halogens is 1. The quantitative estimate of drug-likeness (QED) is 0.683. The lowest BCUT2D eigenvalue weighted by atomic mass is 10.1. The lowest BCUT2D eigenvalue weighted by Gasteiger charge is -2.27. The maximum absolute atomic E-state index is 13.0. The van der Waals surface area contributed by atoms with Crippen LogP contribution >= 0.6 is 11.5 Å². The molecule has 1 atom stereocenters. The van der Waals surface area contributed by atoms with Crippen molar-refractivity contribution in [3.8, 4) is 0 Å². The molecule has 0 fully saturated rings. The van der Waals surface area contributed by atoms with Gasteiger partial charge in [-0.05, 0) is 37.5 Å². The van der Waals surface area contributed by atoms with Gasteiger partial charge < -0.3 is 10.2 Å². The third-order valence-electron chi connectivity index (χ3n) is 4.25. The smallest absolute Gasteiger partial charge is 0.221 e. The van der Waals surface area contributed by atoms with Crippen LogP contribution in [0.2, 0.25) is 0 Å². The van der Waals surface area contributed by atoms with Crippen molar-refractivity contribution >= 4 is 22.6 Å². The first kappa shape index (κ1) is 20.3. The molecule has 2 aromatic rings. The number of rotatable bonds is 10. The molecule has 0 aliphatic carbocycles. The van der Waals surface area contributed by atoms with Gasteiger partial charge in [-0.15, -0.1) is 0 Å². The lowest BCUT2D eigenvalue weighted by molar-refractivity contribution is -0.120. The first-order valence-corrected chi connectivity index (χ1v) is 9.91. The van der Waals surface area contributed by atoms with Gasteiger partial charge >= 0.3 is 0 Å². The maximum atomic E-state index is 13.0. The fourth-order valence-corrected chi connectivity index (χ4v) is 3.33. The van der Waals surface area contributed by atoms with E-state index >= 15 is 0 Å². The number of anilines is 1. The van der Waals surface area contributed by atoms with Crippen LogP contribution in [0.1, 0.15) is 51.4 Å². The molecule has 0 saturated heterocycles. The standard InChI is InChI=1S/C19H27FN4OS/c1-4-11-21-18(25)10-12-24(14(3)5-2)19-22-17(23-26-19)13-15-6-8-16(20)9-7-15/h6-9,14H,4-5,10-13H2,1-3H3,(H,21,25). The van der Waals surface area contributed by atoms with E-state index in [0.29, 0.717) is 25.9 Å². The van der Waals surface area contributed by atoms with Crippen LogP contribution in [0.25, 0.3) is 0 Å². The molecule has 1 aromatic heterocycles. The fraction of sp³-hybridized carbons (Fsp3) is 0.526. The Hall–Kier alpha value is -2.02. The number of nitrogens with zero attached hydrogens (tertiary/aromatic N) is 3. The van der Waals surface area contributed by atoms with Crippen molar-refractivity contribution < 1.29 is 9.18 Å². The van der Waals surface area contributed by atoms with Crippen LogP contribution in [0.3, 0.4) is 0 Å². The highest BCUT2D eigenvalue weighted by Gasteiger charge is 2.19. The van der Waals surface area contributed by atoms with Crippen LogP contribution in [0, 0.1) is 5.82 Å². The molecule has 0 aliphatic heterocycles. The third kappa shape index (κ3) is 6.05. The van der Waals surface area contributed by atoms with Gasteiger partial charge in [0, 0.05) is 43.5 Å². The van der Waals surface area contributed by atoms with Crippen molar-refractivity contribution in [3.05, 3.63) is 41.5 Å². The minimum atomic E-state index is -0.245. The molecule has 1 heterocycles. The Morgan fingerprint density at radius 1 is 1.31 bits per heavy atom. The monoisotopic (exact) mass is 378 g/mol. The molecule has 0 aliphatic rings. The largest absolute Gasteiger partial charge is 0.356 e. The Bertz CT molecular complexity index is 689. The molecule has 7 heteroatoms. The highest BCUT2D eigenvalue weighted by molar-refractivity contribution is 7.09. The molecule has 1 amide bonds. The SMILES string of the molecule is CCCNC(=O)CCN(c1nc(Cc2ccc(F)cc2)ns1)C(C)CC. The lowest BCUT2D eigenvalue weighted by Crippen LogP contribution is -2.36. The minimum Gasteiger partial charge on any atom is -0.356 e. The summed E-state index contributed by atoms with van der Waals surface area (Å²) in [6, 6.07) is 6.67. The van der Waals surface area contributed by atoms with Gasteiger partial charge in [-0.2, -0.15) is 4.37 Å². The van der Waals surface area contributed by atoms with E-state index < -0.39 is 0 Å². The molecule has 1 unspecified atom stereocenters. The van der Waals surface area contributed by atoms with Crippen molar-refractivity contribution in [2.45, 2.75) is 52.5 Å². The van der Waals surface area contributed by atoms with Crippen LogP contribution in [-0.2, 0) is 11.2 Å². The summed E-state index contributed by atoms with van der Waals surface area (Å²) < 4.78 is 17.5. The van der Waals surface area contributed by atoms with Gasteiger partial charge in [0.2, 0.25) is 11.0 Å².